The molecule has 0 aromatic heterocycles. The minimum Gasteiger partial charge on any atom is -0.378 e. The number of morpholine rings is 1. The molecule has 0 aromatic rings. The highest BCUT2D eigenvalue weighted by Gasteiger charge is 2.57. The van der Waals surface area contributed by atoms with Gasteiger partial charge in [0, 0.05) is 31.1 Å². The summed E-state index contributed by atoms with van der Waals surface area (Å²) in [5, 5.41) is 6.54. The highest BCUT2D eigenvalue weighted by molar-refractivity contribution is 5.82. The molecular formula is C16H29N3O2. The second kappa shape index (κ2) is 5.86. The fourth-order valence-corrected chi connectivity index (χ4v) is 3.94. The molecule has 21 heavy (non-hydrogen) atoms. The molecule has 1 saturated carbocycles. The highest BCUT2D eigenvalue weighted by Crippen LogP contribution is 2.58. The van der Waals surface area contributed by atoms with Crippen LogP contribution in [0.25, 0.3) is 0 Å². The number of rotatable bonds is 4. The first-order valence-corrected chi connectivity index (χ1v) is 8.35. The molecule has 0 bridgehead atoms. The van der Waals surface area contributed by atoms with Crippen LogP contribution in [0.5, 0.6) is 0 Å². The van der Waals surface area contributed by atoms with Gasteiger partial charge in [-0.15, -0.1) is 0 Å². The summed E-state index contributed by atoms with van der Waals surface area (Å²) in [7, 11) is 0. The van der Waals surface area contributed by atoms with Crippen molar-refractivity contribution in [1.82, 2.24) is 15.5 Å². The van der Waals surface area contributed by atoms with E-state index in [1.54, 1.807) is 0 Å². The number of nitrogens with zero attached hydrogens (tertiary/aromatic N) is 1. The van der Waals surface area contributed by atoms with Crippen molar-refractivity contribution < 1.29 is 9.53 Å². The van der Waals surface area contributed by atoms with Crippen molar-refractivity contribution in [2.75, 3.05) is 45.9 Å². The summed E-state index contributed by atoms with van der Waals surface area (Å²) in [4.78, 5) is 14.7. The third kappa shape index (κ3) is 3.25. The van der Waals surface area contributed by atoms with Crippen LogP contribution in [0, 0.1) is 11.3 Å². The fourth-order valence-electron chi connectivity index (χ4n) is 3.94. The Bertz CT molecular complexity index is 391. The van der Waals surface area contributed by atoms with Gasteiger partial charge in [0.25, 0.3) is 0 Å². The number of hydrogen-bond donors (Lipinski definition) is 2. The molecule has 0 aromatic carbocycles. The molecule has 1 aliphatic carbocycles. The van der Waals surface area contributed by atoms with Gasteiger partial charge in [-0.05, 0) is 51.6 Å². The first-order valence-electron chi connectivity index (χ1n) is 8.35. The van der Waals surface area contributed by atoms with E-state index in [-0.39, 0.29) is 17.4 Å². The standard InChI is InChI=1S/C16H29N3O2/c1-15(2)12-21-10-9-19(15)8-7-18-14(20)13-11-16(13)3-5-17-6-4-16/h13,17H,3-12H2,1-2H3,(H,18,20). The Hall–Kier alpha value is -0.650. The normalized spacial score (nSPS) is 31.0. The maximum absolute atomic E-state index is 12.3. The van der Waals surface area contributed by atoms with Crippen molar-refractivity contribution in [2.24, 2.45) is 11.3 Å². The average Bonchev–Trinajstić information content (AvgIpc) is 3.14. The van der Waals surface area contributed by atoms with E-state index in [4.69, 9.17) is 4.74 Å². The van der Waals surface area contributed by atoms with Gasteiger partial charge in [-0.2, -0.15) is 0 Å². The van der Waals surface area contributed by atoms with E-state index < -0.39 is 0 Å². The topological polar surface area (TPSA) is 53.6 Å². The minimum absolute atomic E-state index is 0.0822. The number of nitrogens with one attached hydrogen (secondary N) is 2. The maximum atomic E-state index is 12.3. The smallest absolute Gasteiger partial charge is 0.223 e. The molecule has 1 amide bonds. The summed E-state index contributed by atoms with van der Waals surface area (Å²) in [6.45, 7) is 10.8. The van der Waals surface area contributed by atoms with Gasteiger partial charge in [0.2, 0.25) is 5.91 Å². The second-order valence-electron chi connectivity index (χ2n) is 7.51. The molecule has 1 spiro atoms. The van der Waals surface area contributed by atoms with Crippen molar-refractivity contribution in [3.63, 3.8) is 0 Å². The quantitative estimate of drug-likeness (QED) is 0.798. The molecule has 0 radical (unpaired) electrons. The lowest BCUT2D eigenvalue weighted by Crippen LogP contribution is -2.54. The molecule has 3 rings (SSSR count). The lowest BCUT2D eigenvalue weighted by atomic mass is 9.92. The number of hydrogen-bond acceptors (Lipinski definition) is 4. The van der Waals surface area contributed by atoms with Crippen LogP contribution < -0.4 is 10.6 Å². The van der Waals surface area contributed by atoms with Gasteiger partial charge in [0.05, 0.1) is 13.2 Å². The zero-order chi connectivity index (χ0) is 14.9. The van der Waals surface area contributed by atoms with Crippen LogP contribution in [0.3, 0.4) is 0 Å². The molecule has 2 N–H and O–H groups in total. The Kier molecular flexibility index (Phi) is 4.26. The summed E-state index contributed by atoms with van der Waals surface area (Å²) in [5.74, 6) is 0.556. The van der Waals surface area contributed by atoms with Crippen molar-refractivity contribution in [3.8, 4) is 0 Å². The Morgan fingerprint density at radius 2 is 2.14 bits per heavy atom. The maximum Gasteiger partial charge on any atom is 0.223 e. The van der Waals surface area contributed by atoms with E-state index in [0.717, 1.165) is 52.4 Å². The van der Waals surface area contributed by atoms with E-state index in [1.165, 1.54) is 12.8 Å². The monoisotopic (exact) mass is 295 g/mol. The molecule has 3 fully saturated rings. The third-order valence-corrected chi connectivity index (χ3v) is 5.60. The Labute approximate surface area is 127 Å². The van der Waals surface area contributed by atoms with Crippen molar-refractivity contribution in [2.45, 2.75) is 38.6 Å². The molecule has 2 heterocycles. The van der Waals surface area contributed by atoms with Crippen molar-refractivity contribution in [1.29, 1.82) is 0 Å². The van der Waals surface area contributed by atoms with Crippen LogP contribution in [0.15, 0.2) is 0 Å². The van der Waals surface area contributed by atoms with Crippen LogP contribution in [-0.4, -0.2) is 62.3 Å². The van der Waals surface area contributed by atoms with E-state index in [0.29, 0.717) is 5.41 Å². The lowest BCUT2D eigenvalue weighted by molar-refractivity contribution is -0.123. The summed E-state index contributed by atoms with van der Waals surface area (Å²) in [6.07, 6.45) is 3.44. The highest BCUT2D eigenvalue weighted by atomic mass is 16.5. The van der Waals surface area contributed by atoms with Gasteiger partial charge >= 0.3 is 0 Å². The number of ether oxygens (including phenoxy) is 1. The molecule has 2 aliphatic heterocycles. The number of carbonyl (C=O) groups is 1. The zero-order valence-electron chi connectivity index (χ0n) is 13.4. The molecular weight excluding hydrogens is 266 g/mol. The largest absolute Gasteiger partial charge is 0.378 e. The van der Waals surface area contributed by atoms with Crippen molar-refractivity contribution in [3.05, 3.63) is 0 Å². The van der Waals surface area contributed by atoms with Gasteiger partial charge in [-0.1, -0.05) is 0 Å². The predicted molar refractivity (Wildman–Crippen MR) is 82.1 cm³/mol. The summed E-state index contributed by atoms with van der Waals surface area (Å²) >= 11 is 0. The van der Waals surface area contributed by atoms with Gasteiger partial charge < -0.3 is 15.4 Å². The zero-order valence-corrected chi connectivity index (χ0v) is 13.4. The van der Waals surface area contributed by atoms with Crippen LogP contribution in [0.2, 0.25) is 0 Å². The van der Waals surface area contributed by atoms with Gasteiger partial charge in [0.1, 0.15) is 0 Å². The Morgan fingerprint density at radius 1 is 1.38 bits per heavy atom. The van der Waals surface area contributed by atoms with Gasteiger partial charge in [-0.25, -0.2) is 0 Å². The molecule has 2 saturated heterocycles. The summed E-state index contributed by atoms with van der Waals surface area (Å²) < 4.78 is 5.53. The van der Waals surface area contributed by atoms with E-state index in [2.05, 4.69) is 29.4 Å². The van der Waals surface area contributed by atoms with Crippen LogP contribution in [0.1, 0.15) is 33.1 Å². The molecule has 1 unspecified atom stereocenters. The molecule has 5 nitrogen and oxygen atoms in total. The van der Waals surface area contributed by atoms with Gasteiger partial charge in [0.15, 0.2) is 0 Å². The first-order chi connectivity index (χ1) is 10.0. The Morgan fingerprint density at radius 3 is 2.86 bits per heavy atom. The van der Waals surface area contributed by atoms with Gasteiger partial charge in [-0.3, -0.25) is 9.69 Å². The van der Waals surface area contributed by atoms with Crippen LogP contribution in [-0.2, 0) is 9.53 Å². The Balaban J connectivity index is 1.41. The minimum atomic E-state index is 0.0822. The third-order valence-electron chi connectivity index (χ3n) is 5.60. The fraction of sp³-hybridized carbons (Fsp3) is 0.938. The number of carbonyl (C=O) groups excluding carboxylic acids is 1. The van der Waals surface area contributed by atoms with E-state index >= 15 is 0 Å². The number of piperidine rings is 1. The predicted octanol–water partition coefficient (Wildman–Crippen LogP) is 0.603. The lowest BCUT2D eigenvalue weighted by Gasteiger charge is -2.42. The summed E-state index contributed by atoms with van der Waals surface area (Å²) in [6, 6.07) is 0. The van der Waals surface area contributed by atoms with E-state index in [9.17, 15) is 4.79 Å². The molecule has 5 heteroatoms. The van der Waals surface area contributed by atoms with Crippen LogP contribution >= 0.6 is 0 Å². The van der Waals surface area contributed by atoms with Crippen molar-refractivity contribution >= 4 is 5.91 Å². The molecule has 120 valence electrons. The summed E-state index contributed by atoms with van der Waals surface area (Å²) in [5.41, 5.74) is 0.423. The number of amides is 1. The molecule has 3 aliphatic rings. The SMILES string of the molecule is CC1(C)COCCN1CCNC(=O)C1CC12CCNCC2. The van der Waals surface area contributed by atoms with Crippen LogP contribution in [0.4, 0.5) is 0 Å². The first kappa shape index (κ1) is 15.3. The van der Waals surface area contributed by atoms with E-state index in [1.807, 2.05) is 0 Å². The second-order valence-corrected chi connectivity index (χ2v) is 7.51. The molecule has 1 atom stereocenters. The average molecular weight is 295 g/mol.